The molecule has 308 valence electrons. The van der Waals surface area contributed by atoms with E-state index >= 15 is 0 Å². The Morgan fingerprint density at radius 2 is 0.738 bits per heavy atom. The number of benzene rings is 10. The molecule has 65 heavy (non-hydrogen) atoms. The average molecular weight is 831 g/mol. The van der Waals surface area contributed by atoms with Crippen LogP contribution in [0.3, 0.4) is 0 Å². The Kier molecular flexibility index (Phi) is 9.21. The van der Waals surface area contributed by atoms with Crippen molar-refractivity contribution in [3.63, 3.8) is 0 Å². The Morgan fingerprint density at radius 3 is 1.37 bits per heavy atom. The highest BCUT2D eigenvalue weighted by atomic mass is 15.1. The van der Waals surface area contributed by atoms with Gasteiger partial charge in [-0.15, -0.1) is 0 Å². The van der Waals surface area contributed by atoms with Gasteiger partial charge in [-0.25, -0.2) is 0 Å². The summed E-state index contributed by atoms with van der Waals surface area (Å²) in [6.45, 7) is 4.71. The lowest BCUT2D eigenvalue weighted by molar-refractivity contribution is 0.660. The Balaban J connectivity index is 0.943. The van der Waals surface area contributed by atoms with Gasteiger partial charge in [-0.1, -0.05) is 202 Å². The third kappa shape index (κ3) is 6.49. The zero-order chi connectivity index (χ0) is 43.5. The number of hydrogen-bond donors (Lipinski definition) is 0. The number of nitrogens with zero attached hydrogens (tertiary/aromatic N) is 2. The smallest absolute Gasteiger partial charge is 0.0541 e. The fourth-order valence-electron chi connectivity index (χ4n) is 10.4. The lowest BCUT2D eigenvalue weighted by Crippen LogP contribution is -2.16. The van der Waals surface area contributed by atoms with Crippen LogP contribution in [-0.4, -0.2) is 4.57 Å². The van der Waals surface area contributed by atoms with Crippen molar-refractivity contribution in [3.05, 3.63) is 254 Å². The molecule has 11 aromatic rings. The summed E-state index contributed by atoms with van der Waals surface area (Å²) in [5, 5.41) is 2.52. The van der Waals surface area contributed by atoms with Crippen LogP contribution in [-0.2, 0) is 5.41 Å². The van der Waals surface area contributed by atoms with Crippen molar-refractivity contribution in [1.82, 2.24) is 4.57 Å². The van der Waals surface area contributed by atoms with E-state index in [9.17, 15) is 0 Å². The van der Waals surface area contributed by atoms with Gasteiger partial charge in [-0.2, -0.15) is 0 Å². The van der Waals surface area contributed by atoms with Crippen LogP contribution >= 0.6 is 0 Å². The van der Waals surface area contributed by atoms with Crippen molar-refractivity contribution in [2.45, 2.75) is 19.3 Å². The van der Waals surface area contributed by atoms with Crippen molar-refractivity contribution in [3.8, 4) is 61.3 Å². The number of anilines is 3. The van der Waals surface area contributed by atoms with Crippen molar-refractivity contribution < 1.29 is 0 Å². The van der Waals surface area contributed by atoms with Crippen molar-refractivity contribution >= 4 is 38.9 Å². The molecule has 10 aromatic carbocycles. The van der Waals surface area contributed by atoms with Gasteiger partial charge in [0.05, 0.1) is 16.7 Å². The second-order valence-electron chi connectivity index (χ2n) is 17.7. The van der Waals surface area contributed by atoms with Crippen LogP contribution in [0.15, 0.2) is 243 Å². The van der Waals surface area contributed by atoms with Gasteiger partial charge in [0.25, 0.3) is 0 Å². The number of fused-ring (bicyclic) bond motifs is 6. The van der Waals surface area contributed by atoms with Gasteiger partial charge in [0.1, 0.15) is 0 Å². The fraction of sp³-hybridized carbons (Fsp3) is 0.0476. The molecule has 0 N–H and O–H groups in total. The molecular weight excluding hydrogens is 785 g/mol. The molecule has 1 aliphatic carbocycles. The van der Waals surface area contributed by atoms with Crippen LogP contribution < -0.4 is 4.90 Å². The highest BCUT2D eigenvalue weighted by Crippen LogP contribution is 2.51. The SMILES string of the molecule is CC1(C)c2ccccc2-c2ccc(N(c3ccc(-c4ccc(-c5ccccc5)cc4)cc3)c3ccc(-c4ccccc4-c4ccccc4-n4c5ccccc5c5ccccc54)cc3)cc21. The molecule has 0 radical (unpaired) electrons. The van der Waals surface area contributed by atoms with Crippen LogP contribution in [0.4, 0.5) is 17.1 Å². The predicted octanol–water partition coefficient (Wildman–Crippen LogP) is 17.2. The van der Waals surface area contributed by atoms with E-state index < -0.39 is 0 Å². The van der Waals surface area contributed by atoms with Crippen LogP contribution in [0.1, 0.15) is 25.0 Å². The first kappa shape index (κ1) is 38.5. The number of hydrogen-bond acceptors (Lipinski definition) is 1. The predicted molar refractivity (Wildman–Crippen MR) is 275 cm³/mol. The average Bonchev–Trinajstić information content (AvgIpc) is 3.83. The summed E-state index contributed by atoms with van der Waals surface area (Å²) >= 11 is 0. The van der Waals surface area contributed by atoms with Gasteiger partial charge in [-0.05, 0) is 116 Å². The van der Waals surface area contributed by atoms with Gasteiger partial charge in [-0.3, -0.25) is 0 Å². The molecule has 2 nitrogen and oxygen atoms in total. The Labute approximate surface area is 381 Å². The standard InChI is InChI=1S/C63H46N2/c1-63(2)58-24-12-8-20-53(58)54-41-40-50(42-59(54)63)64(48-36-32-46(33-37-48)45-30-28-44(29-31-45)43-16-4-3-5-17-43)49-38-34-47(35-39-49)51-18-6-7-19-52(51)55-21-9-13-25-60(55)65-61-26-14-10-22-56(61)57-23-11-15-27-62(57)65/h3-42H,1-2H3. The van der Waals surface area contributed by atoms with E-state index in [-0.39, 0.29) is 5.41 Å². The first-order valence-corrected chi connectivity index (χ1v) is 22.6. The number of rotatable bonds is 8. The maximum atomic E-state index is 2.43. The van der Waals surface area contributed by atoms with Gasteiger partial charge in [0, 0.05) is 38.8 Å². The monoisotopic (exact) mass is 830 g/mol. The van der Waals surface area contributed by atoms with Crippen molar-refractivity contribution in [2.75, 3.05) is 4.90 Å². The van der Waals surface area contributed by atoms with Gasteiger partial charge < -0.3 is 9.47 Å². The number of para-hydroxylation sites is 3. The molecule has 1 heterocycles. The second-order valence-corrected chi connectivity index (χ2v) is 17.7. The quantitative estimate of drug-likeness (QED) is 0.148. The summed E-state index contributed by atoms with van der Waals surface area (Å²) in [5.74, 6) is 0. The molecule has 0 saturated heterocycles. The van der Waals surface area contributed by atoms with E-state index in [0.717, 1.165) is 22.7 Å². The van der Waals surface area contributed by atoms with Crippen LogP contribution in [0.5, 0.6) is 0 Å². The summed E-state index contributed by atoms with van der Waals surface area (Å²) < 4.78 is 2.43. The first-order valence-electron chi connectivity index (χ1n) is 22.6. The zero-order valence-corrected chi connectivity index (χ0v) is 36.5. The first-order chi connectivity index (χ1) is 32.0. The topological polar surface area (TPSA) is 8.17 Å². The molecule has 0 fully saturated rings. The molecule has 0 atom stereocenters. The summed E-state index contributed by atoms with van der Waals surface area (Å²) in [6, 6.07) is 88.8. The maximum Gasteiger partial charge on any atom is 0.0541 e. The van der Waals surface area contributed by atoms with E-state index in [1.54, 1.807) is 0 Å². The van der Waals surface area contributed by atoms with E-state index in [4.69, 9.17) is 0 Å². The molecule has 1 aromatic heterocycles. The number of aromatic nitrogens is 1. The lowest BCUT2D eigenvalue weighted by atomic mass is 9.82. The molecule has 0 amide bonds. The summed E-state index contributed by atoms with van der Waals surface area (Å²) in [7, 11) is 0. The second kappa shape index (κ2) is 15.6. The van der Waals surface area contributed by atoms with E-state index in [1.165, 1.54) is 88.6 Å². The zero-order valence-electron chi connectivity index (χ0n) is 36.5. The summed E-state index contributed by atoms with van der Waals surface area (Å²) in [4.78, 5) is 2.41. The summed E-state index contributed by atoms with van der Waals surface area (Å²) in [6.07, 6.45) is 0. The van der Waals surface area contributed by atoms with E-state index in [1.807, 2.05) is 0 Å². The van der Waals surface area contributed by atoms with Gasteiger partial charge >= 0.3 is 0 Å². The largest absolute Gasteiger partial charge is 0.310 e. The molecular formula is C63H46N2. The molecule has 1 aliphatic rings. The lowest BCUT2D eigenvalue weighted by Gasteiger charge is -2.28. The normalized spacial score (nSPS) is 12.6. The third-order valence-corrected chi connectivity index (χ3v) is 13.7. The molecule has 2 heteroatoms. The van der Waals surface area contributed by atoms with Crippen LogP contribution in [0.2, 0.25) is 0 Å². The highest BCUT2D eigenvalue weighted by Gasteiger charge is 2.35. The Morgan fingerprint density at radius 1 is 0.308 bits per heavy atom. The van der Waals surface area contributed by atoms with Gasteiger partial charge in [0.2, 0.25) is 0 Å². The third-order valence-electron chi connectivity index (χ3n) is 13.7. The molecule has 0 unspecified atom stereocenters. The molecule has 0 bridgehead atoms. The minimum atomic E-state index is -0.119. The Hall–Kier alpha value is -8.20. The maximum absolute atomic E-state index is 2.43. The van der Waals surface area contributed by atoms with Gasteiger partial charge in [0.15, 0.2) is 0 Å². The minimum absolute atomic E-state index is 0.119. The van der Waals surface area contributed by atoms with E-state index in [2.05, 4.69) is 266 Å². The Bertz CT molecular complexity index is 3490. The van der Waals surface area contributed by atoms with Crippen molar-refractivity contribution in [2.24, 2.45) is 0 Å². The molecule has 0 saturated carbocycles. The molecule has 0 aliphatic heterocycles. The highest BCUT2D eigenvalue weighted by molar-refractivity contribution is 6.10. The van der Waals surface area contributed by atoms with Crippen LogP contribution in [0, 0.1) is 0 Å². The fourth-order valence-corrected chi connectivity index (χ4v) is 10.4. The summed E-state index contributed by atoms with van der Waals surface area (Å²) in [5.41, 5.74) is 21.8. The molecule has 12 rings (SSSR count). The minimum Gasteiger partial charge on any atom is -0.310 e. The van der Waals surface area contributed by atoms with Crippen LogP contribution in [0.25, 0.3) is 83.1 Å². The van der Waals surface area contributed by atoms with Crippen molar-refractivity contribution in [1.29, 1.82) is 0 Å². The van der Waals surface area contributed by atoms with E-state index in [0.29, 0.717) is 0 Å². The molecule has 0 spiro atoms.